The van der Waals surface area contributed by atoms with Crippen LogP contribution in [0.25, 0.3) is 0 Å². The number of benzene rings is 1. The number of carbonyl (C=O) groups is 1. The van der Waals surface area contributed by atoms with Crippen molar-refractivity contribution < 1.29 is 15.0 Å². The summed E-state index contributed by atoms with van der Waals surface area (Å²) < 4.78 is 0. The summed E-state index contributed by atoms with van der Waals surface area (Å²) in [6.07, 6.45) is 0.842. The number of rotatable bonds is 6. The molecule has 0 aromatic heterocycles. The molecule has 0 aliphatic rings. The number of nitrogens with zero attached hydrogens (tertiary/aromatic N) is 1. The first-order valence-electron chi connectivity index (χ1n) is 5.26. The lowest BCUT2D eigenvalue weighted by Crippen LogP contribution is -2.19. The number of phenolic OH excluding ortho intramolecular Hbond substituents is 1. The summed E-state index contributed by atoms with van der Waals surface area (Å²) in [6, 6.07) is 7.09. The zero-order valence-electron chi connectivity index (χ0n) is 9.39. The number of aliphatic carboxylic acids is 1. The van der Waals surface area contributed by atoms with Crippen molar-refractivity contribution in [3.63, 3.8) is 0 Å². The SMILES string of the molecule is CN(CCCC(=O)O)Cc1cccc(O)c1. The van der Waals surface area contributed by atoms with Crippen LogP contribution in [0.1, 0.15) is 18.4 Å². The van der Waals surface area contributed by atoms with Crippen LogP contribution in [0.5, 0.6) is 5.75 Å². The van der Waals surface area contributed by atoms with E-state index >= 15 is 0 Å². The van der Waals surface area contributed by atoms with Crippen LogP contribution in [0.4, 0.5) is 0 Å². The van der Waals surface area contributed by atoms with Gasteiger partial charge in [-0.15, -0.1) is 0 Å². The van der Waals surface area contributed by atoms with E-state index in [9.17, 15) is 9.90 Å². The lowest BCUT2D eigenvalue weighted by molar-refractivity contribution is -0.137. The molecule has 16 heavy (non-hydrogen) atoms. The van der Waals surface area contributed by atoms with Crippen LogP contribution < -0.4 is 0 Å². The Labute approximate surface area is 95.1 Å². The molecule has 88 valence electrons. The van der Waals surface area contributed by atoms with E-state index in [-0.39, 0.29) is 12.2 Å². The van der Waals surface area contributed by atoms with Crippen LogP contribution in [0.15, 0.2) is 24.3 Å². The molecule has 0 unspecified atom stereocenters. The topological polar surface area (TPSA) is 60.8 Å². The normalized spacial score (nSPS) is 10.6. The molecule has 0 aliphatic heterocycles. The summed E-state index contributed by atoms with van der Waals surface area (Å²) in [4.78, 5) is 12.4. The Hall–Kier alpha value is -1.55. The molecule has 1 aromatic carbocycles. The minimum Gasteiger partial charge on any atom is -0.508 e. The number of phenols is 1. The summed E-state index contributed by atoms with van der Waals surface area (Å²) in [5.41, 5.74) is 1.03. The average Bonchev–Trinajstić information content (AvgIpc) is 2.16. The monoisotopic (exact) mass is 223 g/mol. The molecule has 0 spiro atoms. The minimum absolute atomic E-state index is 0.199. The molecule has 4 nitrogen and oxygen atoms in total. The van der Waals surface area contributed by atoms with Crippen molar-refractivity contribution in [1.82, 2.24) is 4.90 Å². The number of carboxylic acid groups (broad SMARTS) is 1. The van der Waals surface area contributed by atoms with Crippen LogP contribution in [-0.4, -0.2) is 34.7 Å². The van der Waals surface area contributed by atoms with Gasteiger partial charge in [0.15, 0.2) is 0 Å². The quantitative estimate of drug-likeness (QED) is 0.770. The van der Waals surface area contributed by atoms with Crippen molar-refractivity contribution in [1.29, 1.82) is 0 Å². The summed E-state index contributed by atoms with van der Waals surface area (Å²) in [5.74, 6) is -0.498. The van der Waals surface area contributed by atoms with Crippen LogP contribution >= 0.6 is 0 Å². The molecule has 0 bridgehead atoms. The zero-order valence-corrected chi connectivity index (χ0v) is 9.39. The third-order valence-corrected chi connectivity index (χ3v) is 2.29. The lowest BCUT2D eigenvalue weighted by Gasteiger charge is -2.16. The van der Waals surface area contributed by atoms with E-state index in [1.807, 2.05) is 18.0 Å². The first kappa shape index (κ1) is 12.5. The molecule has 0 amide bonds. The third kappa shape index (κ3) is 4.79. The molecule has 1 rings (SSSR count). The molecule has 0 fully saturated rings. The second kappa shape index (κ2) is 6.12. The Morgan fingerprint density at radius 2 is 2.19 bits per heavy atom. The maximum absolute atomic E-state index is 10.3. The van der Waals surface area contributed by atoms with Gasteiger partial charge in [-0.3, -0.25) is 4.79 Å². The number of aromatic hydroxyl groups is 1. The minimum atomic E-state index is -0.759. The molecule has 0 radical (unpaired) electrons. The van der Waals surface area contributed by atoms with Crippen molar-refractivity contribution >= 4 is 5.97 Å². The van der Waals surface area contributed by atoms with E-state index < -0.39 is 5.97 Å². The first-order chi connectivity index (χ1) is 7.58. The third-order valence-electron chi connectivity index (χ3n) is 2.29. The highest BCUT2D eigenvalue weighted by Gasteiger charge is 2.02. The highest BCUT2D eigenvalue weighted by atomic mass is 16.4. The van der Waals surface area contributed by atoms with Gasteiger partial charge in [0.1, 0.15) is 5.75 Å². The van der Waals surface area contributed by atoms with Gasteiger partial charge in [0.05, 0.1) is 0 Å². The van der Waals surface area contributed by atoms with Crippen LogP contribution in [0.2, 0.25) is 0 Å². The maximum atomic E-state index is 10.3. The molecule has 2 N–H and O–H groups in total. The Bertz CT molecular complexity index is 352. The van der Waals surface area contributed by atoms with Gasteiger partial charge in [-0.2, -0.15) is 0 Å². The number of carboxylic acids is 1. The summed E-state index contributed by atoms with van der Waals surface area (Å²) >= 11 is 0. The lowest BCUT2D eigenvalue weighted by atomic mass is 10.2. The Kier molecular flexibility index (Phi) is 4.79. The Morgan fingerprint density at radius 3 is 2.81 bits per heavy atom. The molecule has 0 atom stereocenters. The molecule has 4 heteroatoms. The number of hydrogen-bond acceptors (Lipinski definition) is 3. The fraction of sp³-hybridized carbons (Fsp3) is 0.417. The Balaban J connectivity index is 2.33. The standard InChI is InChI=1S/C12H17NO3/c1-13(7-3-6-12(15)16)9-10-4-2-5-11(14)8-10/h2,4-5,8,14H,3,6-7,9H2,1H3,(H,15,16). The van der Waals surface area contributed by atoms with E-state index in [4.69, 9.17) is 5.11 Å². The fourth-order valence-corrected chi connectivity index (χ4v) is 1.55. The molecule has 1 aromatic rings. The van der Waals surface area contributed by atoms with E-state index in [0.29, 0.717) is 13.0 Å². The highest BCUT2D eigenvalue weighted by molar-refractivity contribution is 5.66. The van der Waals surface area contributed by atoms with E-state index in [2.05, 4.69) is 0 Å². The van der Waals surface area contributed by atoms with E-state index in [0.717, 1.165) is 12.1 Å². The van der Waals surface area contributed by atoms with Gasteiger partial charge in [0.2, 0.25) is 0 Å². The predicted molar refractivity (Wildman–Crippen MR) is 61.3 cm³/mol. The summed E-state index contributed by atoms with van der Waals surface area (Å²) in [7, 11) is 1.94. The van der Waals surface area contributed by atoms with Crippen LogP contribution in [0, 0.1) is 0 Å². The van der Waals surface area contributed by atoms with Gasteiger partial charge in [-0.05, 0) is 37.7 Å². The van der Waals surface area contributed by atoms with Gasteiger partial charge < -0.3 is 15.1 Å². The molecule has 0 aliphatic carbocycles. The van der Waals surface area contributed by atoms with Crippen LogP contribution in [0.3, 0.4) is 0 Å². The molecule has 0 heterocycles. The maximum Gasteiger partial charge on any atom is 0.303 e. The smallest absolute Gasteiger partial charge is 0.303 e. The largest absolute Gasteiger partial charge is 0.508 e. The van der Waals surface area contributed by atoms with Crippen molar-refractivity contribution in [3.8, 4) is 5.75 Å². The van der Waals surface area contributed by atoms with Crippen molar-refractivity contribution in [3.05, 3.63) is 29.8 Å². The van der Waals surface area contributed by atoms with E-state index in [1.165, 1.54) is 0 Å². The van der Waals surface area contributed by atoms with Crippen LogP contribution in [-0.2, 0) is 11.3 Å². The molecular weight excluding hydrogens is 206 g/mol. The molecule has 0 saturated heterocycles. The second-order valence-electron chi connectivity index (χ2n) is 3.90. The second-order valence-corrected chi connectivity index (χ2v) is 3.90. The van der Waals surface area contributed by atoms with E-state index in [1.54, 1.807) is 18.2 Å². The number of hydrogen-bond donors (Lipinski definition) is 2. The van der Waals surface area contributed by atoms with Crippen molar-refractivity contribution in [2.75, 3.05) is 13.6 Å². The van der Waals surface area contributed by atoms with Crippen molar-refractivity contribution in [2.24, 2.45) is 0 Å². The zero-order chi connectivity index (χ0) is 12.0. The van der Waals surface area contributed by atoms with Crippen molar-refractivity contribution in [2.45, 2.75) is 19.4 Å². The average molecular weight is 223 g/mol. The first-order valence-corrected chi connectivity index (χ1v) is 5.26. The fourth-order valence-electron chi connectivity index (χ4n) is 1.55. The van der Waals surface area contributed by atoms with Gasteiger partial charge in [-0.1, -0.05) is 12.1 Å². The predicted octanol–water partition coefficient (Wildman–Crippen LogP) is 1.69. The molecular formula is C12H17NO3. The van der Waals surface area contributed by atoms with Gasteiger partial charge >= 0.3 is 5.97 Å². The summed E-state index contributed by atoms with van der Waals surface area (Å²) in [5, 5.41) is 17.8. The summed E-state index contributed by atoms with van der Waals surface area (Å²) in [6.45, 7) is 1.45. The molecule has 0 saturated carbocycles. The highest BCUT2D eigenvalue weighted by Crippen LogP contribution is 2.12. The van der Waals surface area contributed by atoms with Gasteiger partial charge in [-0.25, -0.2) is 0 Å². The van der Waals surface area contributed by atoms with Gasteiger partial charge in [0.25, 0.3) is 0 Å². The van der Waals surface area contributed by atoms with Gasteiger partial charge in [0, 0.05) is 13.0 Å². The Morgan fingerprint density at radius 1 is 1.44 bits per heavy atom.